The molecule has 4 rings (SSSR count). The van der Waals surface area contributed by atoms with Gasteiger partial charge < -0.3 is 14.9 Å². The average molecular weight is 382 g/mol. The highest BCUT2D eigenvalue weighted by molar-refractivity contribution is 6.32. The molecular weight excluding hydrogens is 362 g/mol. The summed E-state index contributed by atoms with van der Waals surface area (Å²) in [6.45, 7) is 5.07. The summed E-state index contributed by atoms with van der Waals surface area (Å²) in [5, 5.41) is 11.2. The molecule has 1 aliphatic rings. The van der Waals surface area contributed by atoms with Crippen molar-refractivity contribution in [3.8, 4) is 0 Å². The van der Waals surface area contributed by atoms with E-state index in [0.29, 0.717) is 5.02 Å². The topological polar surface area (TPSA) is 56.7 Å². The number of carbonyl (C=O) groups is 1. The van der Waals surface area contributed by atoms with Gasteiger partial charge in [0.2, 0.25) is 0 Å². The largest absolute Gasteiger partial charge is 0.478 e. The molecule has 27 heavy (non-hydrogen) atoms. The number of aryl methyl sites for hydroxylation is 1. The first-order valence-corrected chi connectivity index (χ1v) is 9.30. The molecule has 6 heteroatoms. The molecule has 138 valence electrons. The van der Waals surface area contributed by atoms with Gasteiger partial charge in [0.1, 0.15) is 5.56 Å². The molecule has 2 heterocycles. The van der Waals surface area contributed by atoms with Crippen molar-refractivity contribution in [1.82, 2.24) is 4.98 Å². The van der Waals surface area contributed by atoms with Gasteiger partial charge in [0, 0.05) is 48.5 Å². The van der Waals surface area contributed by atoms with E-state index in [4.69, 9.17) is 11.6 Å². The molecule has 0 radical (unpaired) electrons. The van der Waals surface area contributed by atoms with Crippen molar-refractivity contribution in [3.05, 3.63) is 64.8 Å². The Kier molecular flexibility index (Phi) is 4.62. The van der Waals surface area contributed by atoms with Crippen molar-refractivity contribution in [3.63, 3.8) is 0 Å². The minimum absolute atomic E-state index is 0.234. The molecule has 1 saturated heterocycles. The fourth-order valence-electron chi connectivity index (χ4n) is 3.69. The molecule has 2 aromatic carbocycles. The lowest BCUT2D eigenvalue weighted by molar-refractivity contribution is 0.0697. The number of anilines is 2. The lowest BCUT2D eigenvalue weighted by atomic mass is 10.0. The number of aromatic carboxylic acids is 1. The zero-order valence-electron chi connectivity index (χ0n) is 15.0. The number of para-hydroxylation sites is 1. The van der Waals surface area contributed by atoms with Crippen LogP contribution in [0.25, 0.3) is 10.9 Å². The Morgan fingerprint density at radius 3 is 2.37 bits per heavy atom. The van der Waals surface area contributed by atoms with E-state index in [1.807, 2.05) is 37.3 Å². The number of hydrogen-bond donors (Lipinski definition) is 1. The third-order valence-corrected chi connectivity index (χ3v) is 5.55. The van der Waals surface area contributed by atoms with Crippen LogP contribution in [0.5, 0.6) is 0 Å². The lowest BCUT2D eigenvalue weighted by Gasteiger charge is -2.38. The Bertz CT molecular complexity index is 999. The van der Waals surface area contributed by atoms with Crippen molar-refractivity contribution in [2.24, 2.45) is 0 Å². The number of piperazine rings is 1. The van der Waals surface area contributed by atoms with Crippen LogP contribution in [0.2, 0.25) is 5.02 Å². The number of carboxylic acids is 1. The van der Waals surface area contributed by atoms with Crippen LogP contribution < -0.4 is 9.80 Å². The molecule has 0 amide bonds. The highest BCUT2D eigenvalue weighted by atomic mass is 35.5. The van der Waals surface area contributed by atoms with E-state index in [0.717, 1.165) is 48.3 Å². The summed E-state index contributed by atoms with van der Waals surface area (Å²) in [5.41, 5.74) is 3.79. The second-order valence-corrected chi connectivity index (χ2v) is 7.11. The highest BCUT2D eigenvalue weighted by Crippen LogP contribution is 2.34. The third-order valence-electron chi connectivity index (χ3n) is 5.15. The van der Waals surface area contributed by atoms with Crippen LogP contribution in [0.4, 0.5) is 11.4 Å². The normalized spacial score (nSPS) is 14.6. The number of benzene rings is 2. The fourth-order valence-corrected chi connectivity index (χ4v) is 3.85. The van der Waals surface area contributed by atoms with Crippen molar-refractivity contribution < 1.29 is 9.90 Å². The van der Waals surface area contributed by atoms with Crippen molar-refractivity contribution in [2.45, 2.75) is 6.92 Å². The van der Waals surface area contributed by atoms with Crippen LogP contribution in [0.15, 0.2) is 48.7 Å². The Morgan fingerprint density at radius 2 is 1.70 bits per heavy atom. The fraction of sp³-hybridized carbons (Fsp3) is 0.238. The number of halogens is 1. The zero-order chi connectivity index (χ0) is 19.0. The van der Waals surface area contributed by atoms with E-state index in [1.54, 1.807) is 0 Å². The van der Waals surface area contributed by atoms with E-state index in [2.05, 4.69) is 26.9 Å². The molecule has 0 atom stereocenters. The van der Waals surface area contributed by atoms with Crippen LogP contribution >= 0.6 is 11.6 Å². The standard InChI is InChI=1S/C21H20ClN3O2/c1-14-18(22)8-7-16-19(14)23-13-17(21(26)27)20(16)25-11-9-24(10-12-25)15-5-3-2-4-6-15/h2-8,13H,9-12H2,1H3,(H,26,27). The van der Waals surface area contributed by atoms with E-state index in [9.17, 15) is 9.90 Å². The number of hydrogen-bond acceptors (Lipinski definition) is 4. The summed E-state index contributed by atoms with van der Waals surface area (Å²) in [6, 6.07) is 14.0. The maximum absolute atomic E-state index is 11.8. The Balaban J connectivity index is 1.72. The third kappa shape index (κ3) is 3.19. The second-order valence-electron chi connectivity index (χ2n) is 6.70. The van der Waals surface area contributed by atoms with E-state index in [-0.39, 0.29) is 5.56 Å². The van der Waals surface area contributed by atoms with Crippen LogP contribution in [0.1, 0.15) is 15.9 Å². The maximum Gasteiger partial charge on any atom is 0.339 e. The van der Waals surface area contributed by atoms with Gasteiger partial charge in [-0.1, -0.05) is 29.8 Å². The van der Waals surface area contributed by atoms with Crippen LogP contribution in [0.3, 0.4) is 0 Å². The zero-order valence-corrected chi connectivity index (χ0v) is 15.8. The average Bonchev–Trinajstić information content (AvgIpc) is 2.70. The minimum atomic E-state index is -0.961. The van der Waals surface area contributed by atoms with Gasteiger partial charge in [0.15, 0.2) is 0 Å². The SMILES string of the molecule is Cc1c(Cl)ccc2c(N3CCN(c4ccccc4)CC3)c(C(=O)O)cnc12. The first-order chi connectivity index (χ1) is 13.1. The predicted octanol–water partition coefficient (Wildman–Crippen LogP) is 4.22. The van der Waals surface area contributed by atoms with Crippen molar-refractivity contribution >= 4 is 39.8 Å². The first-order valence-electron chi connectivity index (χ1n) is 8.92. The Labute approximate surface area is 162 Å². The molecule has 3 aromatic rings. The van der Waals surface area contributed by atoms with Gasteiger partial charge in [-0.15, -0.1) is 0 Å². The summed E-state index contributed by atoms with van der Waals surface area (Å²) < 4.78 is 0. The molecule has 1 fully saturated rings. The van der Waals surface area contributed by atoms with E-state index < -0.39 is 5.97 Å². The molecule has 0 saturated carbocycles. The monoisotopic (exact) mass is 381 g/mol. The quantitative estimate of drug-likeness (QED) is 0.736. The van der Waals surface area contributed by atoms with Crippen molar-refractivity contribution in [1.29, 1.82) is 0 Å². The van der Waals surface area contributed by atoms with Gasteiger partial charge in [-0.25, -0.2) is 4.79 Å². The van der Waals surface area contributed by atoms with Gasteiger partial charge >= 0.3 is 5.97 Å². The molecule has 0 aliphatic carbocycles. The highest BCUT2D eigenvalue weighted by Gasteiger charge is 2.25. The molecule has 1 N–H and O–H groups in total. The molecule has 5 nitrogen and oxygen atoms in total. The summed E-state index contributed by atoms with van der Waals surface area (Å²) in [6.07, 6.45) is 1.45. The summed E-state index contributed by atoms with van der Waals surface area (Å²) in [7, 11) is 0. The number of rotatable bonds is 3. The minimum Gasteiger partial charge on any atom is -0.478 e. The van der Waals surface area contributed by atoms with Gasteiger partial charge in [0.25, 0.3) is 0 Å². The summed E-state index contributed by atoms with van der Waals surface area (Å²) in [4.78, 5) is 20.7. The summed E-state index contributed by atoms with van der Waals surface area (Å²) in [5.74, 6) is -0.961. The predicted molar refractivity (Wildman–Crippen MR) is 109 cm³/mol. The molecule has 1 aromatic heterocycles. The Morgan fingerprint density at radius 1 is 1.04 bits per heavy atom. The number of pyridine rings is 1. The van der Waals surface area contributed by atoms with E-state index >= 15 is 0 Å². The van der Waals surface area contributed by atoms with E-state index in [1.165, 1.54) is 11.9 Å². The van der Waals surface area contributed by atoms with Crippen molar-refractivity contribution in [2.75, 3.05) is 36.0 Å². The molecule has 0 spiro atoms. The molecular formula is C21H20ClN3O2. The van der Waals surface area contributed by atoms with Gasteiger partial charge in [-0.2, -0.15) is 0 Å². The van der Waals surface area contributed by atoms with Crippen LogP contribution in [-0.2, 0) is 0 Å². The second kappa shape index (κ2) is 7.08. The molecule has 1 aliphatic heterocycles. The first kappa shape index (κ1) is 17.6. The maximum atomic E-state index is 11.8. The van der Waals surface area contributed by atoms with Crippen LogP contribution in [-0.4, -0.2) is 42.2 Å². The number of nitrogens with zero attached hydrogens (tertiary/aromatic N) is 3. The number of fused-ring (bicyclic) bond motifs is 1. The smallest absolute Gasteiger partial charge is 0.339 e. The lowest BCUT2D eigenvalue weighted by Crippen LogP contribution is -2.47. The molecule has 0 bridgehead atoms. The van der Waals surface area contributed by atoms with Gasteiger partial charge in [0.05, 0.1) is 11.2 Å². The number of carboxylic acid groups (broad SMARTS) is 1. The number of aromatic nitrogens is 1. The summed E-state index contributed by atoms with van der Waals surface area (Å²) >= 11 is 6.24. The van der Waals surface area contributed by atoms with Gasteiger partial charge in [-0.3, -0.25) is 4.98 Å². The Hall–Kier alpha value is -2.79. The molecule has 0 unspecified atom stereocenters. The van der Waals surface area contributed by atoms with Crippen LogP contribution in [0, 0.1) is 6.92 Å². The van der Waals surface area contributed by atoms with Gasteiger partial charge in [-0.05, 0) is 36.8 Å².